The zero-order chi connectivity index (χ0) is 12.3. The largest absolute Gasteiger partial charge is 0.369 e. The summed E-state index contributed by atoms with van der Waals surface area (Å²) >= 11 is 5.97. The first-order valence-electron chi connectivity index (χ1n) is 5.41. The summed E-state index contributed by atoms with van der Waals surface area (Å²) in [5, 5.41) is 0.652. The number of hydrogen-bond acceptors (Lipinski definition) is 2. The Hall–Kier alpha value is -1.02. The van der Waals surface area contributed by atoms with Crippen molar-refractivity contribution in [3.05, 3.63) is 28.8 Å². The molecule has 0 amide bonds. The van der Waals surface area contributed by atoms with Crippen LogP contribution in [0.15, 0.2) is 18.2 Å². The van der Waals surface area contributed by atoms with Crippen molar-refractivity contribution >= 4 is 23.6 Å². The van der Waals surface area contributed by atoms with Crippen LogP contribution in [0.25, 0.3) is 0 Å². The van der Waals surface area contributed by atoms with Gasteiger partial charge < -0.3 is 4.90 Å². The van der Waals surface area contributed by atoms with Crippen molar-refractivity contribution < 1.29 is 4.79 Å². The Kier molecular flexibility index (Phi) is 3.98. The molecule has 0 aliphatic rings. The van der Waals surface area contributed by atoms with Gasteiger partial charge in [0.1, 0.15) is 0 Å². The maximum atomic E-state index is 11.0. The molecule has 2 nitrogen and oxygen atoms in total. The fourth-order valence-electron chi connectivity index (χ4n) is 1.47. The van der Waals surface area contributed by atoms with Gasteiger partial charge in [-0.05, 0) is 38.5 Å². The van der Waals surface area contributed by atoms with Crippen LogP contribution in [0.1, 0.15) is 37.6 Å². The van der Waals surface area contributed by atoms with Gasteiger partial charge in [-0.1, -0.05) is 18.5 Å². The summed E-state index contributed by atoms with van der Waals surface area (Å²) in [6, 6.07) is 5.33. The van der Waals surface area contributed by atoms with Gasteiger partial charge in [-0.15, -0.1) is 0 Å². The number of carbonyl (C=O) groups is 1. The van der Waals surface area contributed by atoms with Crippen molar-refractivity contribution in [2.45, 2.75) is 32.7 Å². The molecule has 0 saturated heterocycles. The zero-order valence-corrected chi connectivity index (χ0v) is 11.0. The first-order valence-corrected chi connectivity index (χ1v) is 5.78. The van der Waals surface area contributed by atoms with Crippen LogP contribution < -0.4 is 4.90 Å². The molecule has 1 aromatic rings. The molecule has 0 saturated carbocycles. The first kappa shape index (κ1) is 13.0. The standard InChI is InChI=1S/C13H18ClNO/c1-5-13(2,3)15(4)12-8-11(14)7-6-10(12)9-16/h6-9H,5H2,1-4H3. The van der Waals surface area contributed by atoms with E-state index >= 15 is 0 Å². The van der Waals surface area contributed by atoms with Crippen molar-refractivity contribution in [1.82, 2.24) is 0 Å². The number of aldehydes is 1. The van der Waals surface area contributed by atoms with Crippen LogP contribution in [-0.2, 0) is 0 Å². The second kappa shape index (κ2) is 4.88. The smallest absolute Gasteiger partial charge is 0.152 e. The molecule has 0 spiro atoms. The van der Waals surface area contributed by atoms with E-state index in [0.717, 1.165) is 18.4 Å². The SMILES string of the molecule is CCC(C)(C)N(C)c1cc(Cl)ccc1C=O. The van der Waals surface area contributed by atoms with Crippen LogP contribution in [0.2, 0.25) is 5.02 Å². The lowest BCUT2D eigenvalue weighted by Gasteiger charge is -2.37. The Bertz CT molecular complexity index is 388. The van der Waals surface area contributed by atoms with Crippen molar-refractivity contribution in [2.75, 3.05) is 11.9 Å². The van der Waals surface area contributed by atoms with Gasteiger partial charge in [-0.3, -0.25) is 4.79 Å². The number of benzene rings is 1. The molecule has 0 unspecified atom stereocenters. The van der Waals surface area contributed by atoms with E-state index in [4.69, 9.17) is 11.6 Å². The molecule has 0 aliphatic heterocycles. The van der Waals surface area contributed by atoms with E-state index in [1.807, 2.05) is 13.1 Å². The van der Waals surface area contributed by atoms with Crippen LogP contribution in [0.5, 0.6) is 0 Å². The minimum absolute atomic E-state index is 0.00242. The fraction of sp³-hybridized carbons (Fsp3) is 0.462. The molecule has 0 aliphatic carbocycles. The molecule has 0 bridgehead atoms. The minimum Gasteiger partial charge on any atom is -0.369 e. The lowest BCUT2D eigenvalue weighted by molar-refractivity contribution is 0.112. The van der Waals surface area contributed by atoms with Crippen molar-refractivity contribution in [3.63, 3.8) is 0 Å². The van der Waals surface area contributed by atoms with Gasteiger partial charge in [0.15, 0.2) is 6.29 Å². The summed E-state index contributed by atoms with van der Waals surface area (Å²) in [5.41, 5.74) is 1.56. The lowest BCUT2D eigenvalue weighted by Crippen LogP contribution is -2.41. The van der Waals surface area contributed by atoms with Crippen LogP contribution in [-0.4, -0.2) is 18.9 Å². The van der Waals surface area contributed by atoms with Gasteiger partial charge >= 0.3 is 0 Å². The third-order valence-electron chi connectivity index (χ3n) is 3.25. The van der Waals surface area contributed by atoms with Crippen LogP contribution in [0.3, 0.4) is 0 Å². The highest BCUT2D eigenvalue weighted by molar-refractivity contribution is 6.31. The Morgan fingerprint density at radius 3 is 2.56 bits per heavy atom. The molecular formula is C13H18ClNO. The average Bonchev–Trinajstić information content (AvgIpc) is 2.28. The van der Waals surface area contributed by atoms with Gasteiger partial charge in [-0.2, -0.15) is 0 Å². The van der Waals surface area contributed by atoms with Crippen molar-refractivity contribution in [2.24, 2.45) is 0 Å². The first-order chi connectivity index (χ1) is 7.42. The maximum Gasteiger partial charge on any atom is 0.152 e. The third kappa shape index (κ3) is 2.56. The summed E-state index contributed by atoms with van der Waals surface area (Å²) in [7, 11) is 1.99. The van der Waals surface area contributed by atoms with E-state index in [1.54, 1.807) is 12.1 Å². The van der Waals surface area contributed by atoms with Crippen LogP contribution in [0.4, 0.5) is 5.69 Å². The number of hydrogen-bond donors (Lipinski definition) is 0. The molecule has 0 atom stereocenters. The fourth-order valence-corrected chi connectivity index (χ4v) is 1.64. The van der Waals surface area contributed by atoms with E-state index in [-0.39, 0.29) is 5.54 Å². The molecular weight excluding hydrogens is 222 g/mol. The number of anilines is 1. The predicted molar refractivity (Wildman–Crippen MR) is 69.6 cm³/mol. The Morgan fingerprint density at radius 2 is 2.06 bits per heavy atom. The van der Waals surface area contributed by atoms with Gasteiger partial charge in [0, 0.05) is 28.9 Å². The quantitative estimate of drug-likeness (QED) is 0.746. The Labute approximate surface area is 102 Å². The van der Waals surface area contributed by atoms with Crippen LogP contribution >= 0.6 is 11.6 Å². The molecule has 0 fully saturated rings. The average molecular weight is 240 g/mol. The van der Waals surface area contributed by atoms with Crippen molar-refractivity contribution in [3.8, 4) is 0 Å². The molecule has 16 heavy (non-hydrogen) atoms. The number of halogens is 1. The van der Waals surface area contributed by atoms with E-state index in [2.05, 4.69) is 25.7 Å². The number of carbonyl (C=O) groups excluding carboxylic acids is 1. The highest BCUT2D eigenvalue weighted by atomic mass is 35.5. The number of nitrogens with zero attached hydrogens (tertiary/aromatic N) is 1. The zero-order valence-electron chi connectivity index (χ0n) is 10.2. The van der Waals surface area contributed by atoms with Crippen LogP contribution in [0, 0.1) is 0 Å². The molecule has 0 heterocycles. The minimum atomic E-state index is 0.00242. The molecule has 0 N–H and O–H groups in total. The Balaban J connectivity index is 3.21. The normalized spacial score (nSPS) is 11.3. The topological polar surface area (TPSA) is 20.3 Å². The second-order valence-electron chi connectivity index (χ2n) is 4.55. The van der Waals surface area contributed by atoms with E-state index in [1.165, 1.54) is 0 Å². The highest BCUT2D eigenvalue weighted by Crippen LogP contribution is 2.29. The summed E-state index contributed by atoms with van der Waals surface area (Å²) in [5.74, 6) is 0. The highest BCUT2D eigenvalue weighted by Gasteiger charge is 2.23. The molecule has 0 radical (unpaired) electrons. The predicted octanol–water partition coefficient (Wildman–Crippen LogP) is 3.78. The summed E-state index contributed by atoms with van der Waals surface area (Å²) < 4.78 is 0. The molecule has 88 valence electrons. The summed E-state index contributed by atoms with van der Waals surface area (Å²) in [6.07, 6.45) is 1.86. The van der Waals surface area contributed by atoms with E-state index in [9.17, 15) is 4.79 Å². The summed E-state index contributed by atoms with van der Waals surface area (Å²) in [4.78, 5) is 13.1. The molecule has 1 rings (SSSR count). The second-order valence-corrected chi connectivity index (χ2v) is 4.98. The van der Waals surface area contributed by atoms with Gasteiger partial charge in [0.2, 0.25) is 0 Å². The van der Waals surface area contributed by atoms with Gasteiger partial charge in [0.05, 0.1) is 0 Å². The monoisotopic (exact) mass is 239 g/mol. The van der Waals surface area contributed by atoms with E-state index in [0.29, 0.717) is 10.6 Å². The summed E-state index contributed by atoms with van der Waals surface area (Å²) in [6.45, 7) is 6.41. The van der Waals surface area contributed by atoms with E-state index < -0.39 is 0 Å². The molecule has 0 aromatic heterocycles. The van der Waals surface area contributed by atoms with Gasteiger partial charge in [-0.25, -0.2) is 0 Å². The third-order valence-corrected chi connectivity index (χ3v) is 3.49. The maximum absolute atomic E-state index is 11.0. The molecule has 3 heteroatoms. The molecule has 1 aromatic carbocycles. The lowest BCUT2D eigenvalue weighted by atomic mass is 9.98. The van der Waals surface area contributed by atoms with Gasteiger partial charge in [0.25, 0.3) is 0 Å². The Morgan fingerprint density at radius 1 is 1.44 bits per heavy atom. The van der Waals surface area contributed by atoms with Crippen molar-refractivity contribution in [1.29, 1.82) is 0 Å². The number of rotatable bonds is 4.